The summed E-state index contributed by atoms with van der Waals surface area (Å²) in [6.45, 7) is 5.10. The Bertz CT molecular complexity index is 453. The van der Waals surface area contributed by atoms with Crippen LogP contribution in [0.2, 0.25) is 0 Å². The molecule has 2 nitrogen and oxygen atoms in total. The normalized spacial score (nSPS) is 24.7. The summed E-state index contributed by atoms with van der Waals surface area (Å²) >= 11 is 0. The lowest BCUT2D eigenvalue weighted by Crippen LogP contribution is -2.35. The molecule has 1 aromatic rings. The van der Waals surface area contributed by atoms with Gasteiger partial charge in [-0.3, -0.25) is 0 Å². The Morgan fingerprint density at radius 1 is 1.32 bits per heavy atom. The Kier molecular flexibility index (Phi) is 4.47. The molecular weight excluding hydrogens is 255 g/mol. The molecule has 0 saturated carbocycles. The third-order valence-corrected chi connectivity index (χ3v) is 3.60. The van der Waals surface area contributed by atoms with Gasteiger partial charge in [-0.15, -0.1) is 0 Å². The molecule has 0 radical (unpaired) electrons. The lowest BCUT2D eigenvalue weighted by atomic mass is 9.92. The summed E-state index contributed by atoms with van der Waals surface area (Å²) in [6.07, 6.45) is 0.664. The first-order valence-corrected chi connectivity index (χ1v) is 6.54. The van der Waals surface area contributed by atoms with Crippen LogP contribution in [0, 0.1) is 23.4 Å². The highest BCUT2D eigenvalue weighted by atomic mass is 19.2. The van der Waals surface area contributed by atoms with Crippen molar-refractivity contribution in [2.75, 3.05) is 13.2 Å². The van der Waals surface area contributed by atoms with E-state index in [1.807, 2.05) is 13.8 Å². The number of halogens is 3. The van der Waals surface area contributed by atoms with E-state index in [2.05, 4.69) is 5.32 Å². The van der Waals surface area contributed by atoms with Crippen LogP contribution in [-0.2, 0) is 4.74 Å². The van der Waals surface area contributed by atoms with Gasteiger partial charge in [0.2, 0.25) is 0 Å². The first-order valence-electron chi connectivity index (χ1n) is 6.54. The number of benzene rings is 1. The van der Waals surface area contributed by atoms with Crippen molar-refractivity contribution in [2.24, 2.45) is 5.92 Å². The fourth-order valence-electron chi connectivity index (χ4n) is 2.55. The zero-order chi connectivity index (χ0) is 14.0. The van der Waals surface area contributed by atoms with Crippen molar-refractivity contribution in [1.29, 1.82) is 0 Å². The Morgan fingerprint density at radius 2 is 2.05 bits per heavy atom. The van der Waals surface area contributed by atoms with Crippen LogP contribution in [0.3, 0.4) is 0 Å². The highest BCUT2D eigenvalue weighted by Crippen LogP contribution is 2.33. The van der Waals surface area contributed by atoms with Crippen molar-refractivity contribution in [3.8, 4) is 0 Å². The van der Waals surface area contributed by atoms with Gasteiger partial charge in [0.25, 0.3) is 0 Å². The number of rotatable bonds is 4. The maximum atomic E-state index is 13.9. The Balaban J connectivity index is 2.36. The molecule has 3 atom stereocenters. The molecule has 0 amide bonds. The van der Waals surface area contributed by atoms with Crippen LogP contribution in [-0.4, -0.2) is 19.3 Å². The molecule has 1 N–H and O–H groups in total. The van der Waals surface area contributed by atoms with Crippen LogP contribution in [0.1, 0.15) is 31.9 Å². The van der Waals surface area contributed by atoms with E-state index in [-0.39, 0.29) is 17.6 Å². The number of hydrogen-bond donors (Lipinski definition) is 1. The van der Waals surface area contributed by atoms with E-state index in [0.29, 0.717) is 13.2 Å². The molecule has 106 valence electrons. The molecule has 1 aliphatic heterocycles. The number of likely N-dealkylation sites (N-methyl/N-ethyl adjacent to an activating group) is 1. The average molecular weight is 273 g/mol. The molecule has 5 heteroatoms. The molecule has 0 aliphatic carbocycles. The average Bonchev–Trinajstić information content (AvgIpc) is 2.80. The van der Waals surface area contributed by atoms with Crippen molar-refractivity contribution in [3.05, 3.63) is 35.1 Å². The van der Waals surface area contributed by atoms with E-state index < -0.39 is 23.5 Å². The molecule has 19 heavy (non-hydrogen) atoms. The van der Waals surface area contributed by atoms with Gasteiger partial charge in [0, 0.05) is 12.2 Å². The van der Waals surface area contributed by atoms with Crippen molar-refractivity contribution >= 4 is 0 Å². The number of nitrogens with one attached hydrogen (secondary N) is 1. The number of hydrogen-bond acceptors (Lipinski definition) is 2. The van der Waals surface area contributed by atoms with Crippen LogP contribution in [0.4, 0.5) is 13.2 Å². The highest BCUT2D eigenvalue weighted by molar-refractivity contribution is 5.25. The second-order valence-electron chi connectivity index (χ2n) is 4.90. The SMILES string of the molecule is CCNC(c1ccc(F)c(F)c1F)C1OCCC1C. The van der Waals surface area contributed by atoms with Crippen LogP contribution in [0.5, 0.6) is 0 Å². The lowest BCUT2D eigenvalue weighted by molar-refractivity contribution is 0.0598. The second kappa shape index (κ2) is 5.92. The van der Waals surface area contributed by atoms with Crippen LogP contribution in [0.25, 0.3) is 0 Å². The molecule has 1 fully saturated rings. The molecule has 1 aromatic carbocycles. The van der Waals surface area contributed by atoms with E-state index >= 15 is 0 Å². The monoisotopic (exact) mass is 273 g/mol. The largest absolute Gasteiger partial charge is 0.376 e. The van der Waals surface area contributed by atoms with Gasteiger partial charge >= 0.3 is 0 Å². The predicted octanol–water partition coefficient (Wildman–Crippen LogP) is 3.18. The van der Waals surface area contributed by atoms with E-state index in [1.165, 1.54) is 6.07 Å². The van der Waals surface area contributed by atoms with E-state index in [4.69, 9.17) is 4.74 Å². The maximum absolute atomic E-state index is 13.9. The molecule has 1 aliphatic rings. The lowest BCUT2D eigenvalue weighted by Gasteiger charge is -2.27. The van der Waals surface area contributed by atoms with Gasteiger partial charge in [0.05, 0.1) is 12.1 Å². The van der Waals surface area contributed by atoms with E-state index in [9.17, 15) is 13.2 Å². The molecular formula is C14H18F3NO. The fraction of sp³-hybridized carbons (Fsp3) is 0.571. The smallest absolute Gasteiger partial charge is 0.194 e. The minimum absolute atomic E-state index is 0.125. The quantitative estimate of drug-likeness (QED) is 0.851. The molecule has 1 heterocycles. The minimum atomic E-state index is -1.42. The van der Waals surface area contributed by atoms with E-state index in [1.54, 1.807) is 0 Å². The maximum Gasteiger partial charge on any atom is 0.194 e. The summed E-state index contributed by atoms with van der Waals surface area (Å²) in [6, 6.07) is 1.78. The van der Waals surface area contributed by atoms with Crippen molar-refractivity contribution < 1.29 is 17.9 Å². The summed E-state index contributed by atoms with van der Waals surface area (Å²) < 4.78 is 45.9. The van der Waals surface area contributed by atoms with Gasteiger partial charge in [0.15, 0.2) is 17.5 Å². The second-order valence-corrected chi connectivity index (χ2v) is 4.90. The third kappa shape index (κ3) is 2.77. The molecule has 0 aromatic heterocycles. The third-order valence-electron chi connectivity index (χ3n) is 3.60. The van der Waals surface area contributed by atoms with Gasteiger partial charge in [0.1, 0.15) is 0 Å². The van der Waals surface area contributed by atoms with Crippen LogP contribution >= 0.6 is 0 Å². The zero-order valence-corrected chi connectivity index (χ0v) is 11.1. The molecule has 1 saturated heterocycles. The molecule has 0 spiro atoms. The Hall–Kier alpha value is -1.07. The predicted molar refractivity (Wildman–Crippen MR) is 66.3 cm³/mol. The van der Waals surface area contributed by atoms with Gasteiger partial charge in [-0.25, -0.2) is 13.2 Å². The summed E-state index contributed by atoms with van der Waals surface area (Å²) in [7, 11) is 0. The topological polar surface area (TPSA) is 21.3 Å². The van der Waals surface area contributed by atoms with Crippen LogP contribution < -0.4 is 5.32 Å². The first kappa shape index (κ1) is 14.3. The molecule has 2 rings (SSSR count). The summed E-state index contributed by atoms with van der Waals surface area (Å²) in [5, 5.41) is 3.10. The standard InChI is InChI=1S/C14H18F3NO/c1-3-18-13(14-8(2)6-7-19-14)9-4-5-10(15)12(17)11(9)16/h4-5,8,13-14,18H,3,6-7H2,1-2H3. The van der Waals surface area contributed by atoms with Crippen LogP contribution in [0.15, 0.2) is 12.1 Å². The van der Waals surface area contributed by atoms with Gasteiger partial charge in [-0.2, -0.15) is 0 Å². The van der Waals surface area contributed by atoms with Gasteiger partial charge in [-0.05, 0) is 24.9 Å². The number of ether oxygens (including phenoxy) is 1. The van der Waals surface area contributed by atoms with Crippen molar-refractivity contribution in [3.63, 3.8) is 0 Å². The van der Waals surface area contributed by atoms with Crippen molar-refractivity contribution in [2.45, 2.75) is 32.4 Å². The van der Waals surface area contributed by atoms with Crippen molar-refractivity contribution in [1.82, 2.24) is 5.32 Å². The van der Waals surface area contributed by atoms with E-state index in [0.717, 1.165) is 12.5 Å². The molecule has 0 bridgehead atoms. The molecule has 3 unspecified atom stereocenters. The summed E-state index contributed by atoms with van der Waals surface area (Å²) in [5.74, 6) is -3.48. The highest BCUT2D eigenvalue weighted by Gasteiger charge is 2.34. The minimum Gasteiger partial charge on any atom is -0.376 e. The van der Waals surface area contributed by atoms with Gasteiger partial charge < -0.3 is 10.1 Å². The fourth-order valence-corrected chi connectivity index (χ4v) is 2.55. The zero-order valence-electron chi connectivity index (χ0n) is 11.1. The Morgan fingerprint density at radius 3 is 2.63 bits per heavy atom. The summed E-state index contributed by atoms with van der Waals surface area (Å²) in [5.41, 5.74) is 0.125. The Labute approximate surface area is 111 Å². The first-order chi connectivity index (χ1) is 9.06. The van der Waals surface area contributed by atoms with Gasteiger partial charge in [-0.1, -0.05) is 19.9 Å². The summed E-state index contributed by atoms with van der Waals surface area (Å²) in [4.78, 5) is 0.